The molecule has 2 aliphatic rings. The fraction of sp³-hybridized carbons (Fsp3) is 0.800. The number of hydrogen-bond acceptors (Lipinski definition) is 6. The van der Waals surface area contributed by atoms with Crippen LogP contribution in [0.25, 0.3) is 0 Å². The quantitative estimate of drug-likeness (QED) is 0.382. The van der Waals surface area contributed by atoms with Gasteiger partial charge in [-0.15, -0.1) is 0 Å². The first-order valence-electron chi connectivity index (χ1n) is 3.52. The molecule has 0 aromatic heterocycles. The van der Waals surface area contributed by atoms with Gasteiger partial charge in [-0.25, -0.2) is 14.3 Å². The predicted molar refractivity (Wildman–Crippen MR) is 48.6 cm³/mol. The molecule has 7 heteroatoms. The number of hydrazine groups is 1. The summed E-state index contributed by atoms with van der Waals surface area (Å²) in [6.07, 6.45) is 0. The fourth-order valence-corrected chi connectivity index (χ4v) is 4.99. The SMILES string of the molecule is NNC1=NC2CS(=O)(=O)CC2S1. The molecule has 2 unspecified atom stereocenters. The lowest BCUT2D eigenvalue weighted by Crippen LogP contribution is -2.27. The summed E-state index contributed by atoms with van der Waals surface area (Å²) in [6, 6.07) is -0.0777. The van der Waals surface area contributed by atoms with Crippen LogP contribution in [0.15, 0.2) is 4.99 Å². The van der Waals surface area contributed by atoms with Gasteiger partial charge in [0.2, 0.25) is 0 Å². The zero-order valence-electron chi connectivity index (χ0n) is 6.23. The topological polar surface area (TPSA) is 84.5 Å². The molecule has 0 amide bonds. The van der Waals surface area contributed by atoms with Crippen LogP contribution in [0, 0.1) is 0 Å². The van der Waals surface area contributed by atoms with Crippen molar-refractivity contribution in [2.45, 2.75) is 11.3 Å². The Morgan fingerprint density at radius 1 is 1.58 bits per heavy atom. The Kier molecular flexibility index (Phi) is 1.81. The van der Waals surface area contributed by atoms with Crippen molar-refractivity contribution in [3.8, 4) is 0 Å². The molecule has 0 spiro atoms. The molecule has 1 fully saturated rings. The highest BCUT2D eigenvalue weighted by molar-refractivity contribution is 8.15. The van der Waals surface area contributed by atoms with E-state index >= 15 is 0 Å². The largest absolute Gasteiger partial charge is 0.303 e. The molecule has 5 nitrogen and oxygen atoms in total. The minimum absolute atomic E-state index is 0.0777. The van der Waals surface area contributed by atoms with E-state index in [4.69, 9.17) is 5.84 Å². The lowest BCUT2D eigenvalue weighted by molar-refractivity contribution is 0.601. The first-order chi connectivity index (χ1) is 5.61. The molecule has 0 aliphatic carbocycles. The highest BCUT2D eigenvalue weighted by atomic mass is 32.2. The second-order valence-electron chi connectivity index (χ2n) is 2.88. The third-order valence-electron chi connectivity index (χ3n) is 1.94. The van der Waals surface area contributed by atoms with Gasteiger partial charge in [-0.1, -0.05) is 11.8 Å². The number of amidine groups is 1. The van der Waals surface area contributed by atoms with Gasteiger partial charge in [-0.05, 0) is 0 Å². The minimum Gasteiger partial charge on any atom is -0.303 e. The second kappa shape index (κ2) is 2.61. The van der Waals surface area contributed by atoms with Gasteiger partial charge in [-0.2, -0.15) is 0 Å². The maximum absolute atomic E-state index is 11.1. The number of thioether (sulfide) groups is 1. The van der Waals surface area contributed by atoms with Crippen molar-refractivity contribution >= 4 is 26.8 Å². The van der Waals surface area contributed by atoms with Gasteiger partial charge in [0.25, 0.3) is 0 Å². The van der Waals surface area contributed by atoms with Crippen LogP contribution in [0.3, 0.4) is 0 Å². The Morgan fingerprint density at radius 2 is 2.33 bits per heavy atom. The molecule has 0 bridgehead atoms. The van der Waals surface area contributed by atoms with Crippen LogP contribution in [0.1, 0.15) is 0 Å². The highest BCUT2D eigenvalue weighted by Gasteiger charge is 2.42. The smallest absolute Gasteiger partial charge is 0.171 e. The number of rotatable bonds is 0. The summed E-state index contributed by atoms with van der Waals surface area (Å²) in [6.45, 7) is 0. The molecule has 12 heavy (non-hydrogen) atoms. The molecule has 0 aromatic carbocycles. The number of aliphatic imine (C=N–C) groups is 1. The number of sulfone groups is 1. The number of nitrogens with one attached hydrogen (secondary N) is 1. The van der Waals surface area contributed by atoms with Gasteiger partial charge in [0.1, 0.15) is 0 Å². The third kappa shape index (κ3) is 1.32. The van der Waals surface area contributed by atoms with Crippen molar-refractivity contribution in [2.75, 3.05) is 11.5 Å². The monoisotopic (exact) mass is 207 g/mol. The normalized spacial score (nSPS) is 37.6. The van der Waals surface area contributed by atoms with Crippen LogP contribution < -0.4 is 11.3 Å². The van der Waals surface area contributed by atoms with E-state index in [-0.39, 0.29) is 22.8 Å². The molecular weight excluding hydrogens is 198 g/mol. The number of nitrogens with two attached hydrogens (primary N) is 1. The van der Waals surface area contributed by atoms with Crippen molar-refractivity contribution in [2.24, 2.45) is 10.8 Å². The van der Waals surface area contributed by atoms with E-state index < -0.39 is 9.84 Å². The molecule has 0 aromatic rings. The maximum atomic E-state index is 11.1. The molecule has 2 atom stereocenters. The summed E-state index contributed by atoms with van der Waals surface area (Å²) in [5.41, 5.74) is 2.44. The standard InChI is InChI=1S/C5H9N3O2S2/c6-8-5-7-3-1-12(9,10)2-4(3)11-5/h3-4H,1-2,6H2,(H,7,8). The van der Waals surface area contributed by atoms with Crippen LogP contribution >= 0.6 is 11.8 Å². The molecule has 1 saturated heterocycles. The molecule has 2 heterocycles. The molecule has 2 aliphatic heterocycles. The molecule has 3 N–H and O–H groups in total. The van der Waals surface area contributed by atoms with Gasteiger partial charge < -0.3 is 5.43 Å². The van der Waals surface area contributed by atoms with E-state index in [1.807, 2.05) is 0 Å². The summed E-state index contributed by atoms with van der Waals surface area (Å²) in [7, 11) is -2.83. The van der Waals surface area contributed by atoms with Crippen molar-refractivity contribution < 1.29 is 8.42 Å². The van der Waals surface area contributed by atoms with E-state index in [1.54, 1.807) is 0 Å². The zero-order valence-corrected chi connectivity index (χ0v) is 7.86. The van der Waals surface area contributed by atoms with E-state index in [1.165, 1.54) is 11.8 Å². The van der Waals surface area contributed by atoms with Gasteiger partial charge in [0.05, 0.1) is 17.5 Å². The Morgan fingerprint density at radius 3 is 2.92 bits per heavy atom. The average Bonchev–Trinajstić information content (AvgIpc) is 2.40. The second-order valence-corrected chi connectivity index (χ2v) is 6.26. The first-order valence-corrected chi connectivity index (χ1v) is 6.22. The van der Waals surface area contributed by atoms with Gasteiger partial charge in [0.15, 0.2) is 15.0 Å². The number of fused-ring (bicyclic) bond motifs is 1. The van der Waals surface area contributed by atoms with Crippen LogP contribution in [0.2, 0.25) is 0 Å². The lowest BCUT2D eigenvalue weighted by atomic mass is 10.3. The molecular formula is C5H9N3O2S2. The van der Waals surface area contributed by atoms with Crippen molar-refractivity contribution in [3.05, 3.63) is 0 Å². The van der Waals surface area contributed by atoms with Gasteiger partial charge in [0, 0.05) is 5.25 Å². The van der Waals surface area contributed by atoms with Crippen molar-refractivity contribution in [1.82, 2.24) is 5.43 Å². The third-order valence-corrected chi connectivity index (χ3v) is 5.10. The van der Waals surface area contributed by atoms with Crippen LogP contribution in [0.4, 0.5) is 0 Å². The summed E-state index contributed by atoms with van der Waals surface area (Å²) >= 11 is 1.42. The van der Waals surface area contributed by atoms with Crippen molar-refractivity contribution in [1.29, 1.82) is 0 Å². The molecule has 68 valence electrons. The van der Waals surface area contributed by atoms with Gasteiger partial charge in [-0.3, -0.25) is 4.99 Å². The summed E-state index contributed by atoms with van der Waals surface area (Å²) < 4.78 is 22.2. The fourth-order valence-electron chi connectivity index (χ4n) is 1.43. The van der Waals surface area contributed by atoms with Crippen molar-refractivity contribution in [3.63, 3.8) is 0 Å². The summed E-state index contributed by atoms with van der Waals surface area (Å²) in [5.74, 6) is 5.56. The van der Waals surface area contributed by atoms with E-state index in [0.717, 1.165) is 0 Å². The van der Waals surface area contributed by atoms with Crippen LogP contribution in [0.5, 0.6) is 0 Å². The van der Waals surface area contributed by atoms with Gasteiger partial charge >= 0.3 is 0 Å². The Balaban J connectivity index is 2.18. The lowest BCUT2D eigenvalue weighted by Gasteiger charge is -2.00. The van der Waals surface area contributed by atoms with E-state index in [9.17, 15) is 8.42 Å². The summed E-state index contributed by atoms with van der Waals surface area (Å²) in [4.78, 5) is 4.13. The number of hydrogen-bond donors (Lipinski definition) is 2. The number of nitrogens with zero attached hydrogens (tertiary/aromatic N) is 1. The van der Waals surface area contributed by atoms with Crippen LogP contribution in [-0.4, -0.2) is 36.4 Å². The summed E-state index contributed by atoms with van der Waals surface area (Å²) in [5, 5.41) is 0.737. The minimum atomic E-state index is -2.83. The molecule has 0 saturated carbocycles. The molecule has 0 radical (unpaired) electrons. The van der Waals surface area contributed by atoms with Crippen LogP contribution in [-0.2, 0) is 9.84 Å². The Labute approximate surface area is 74.7 Å². The zero-order chi connectivity index (χ0) is 8.77. The highest BCUT2D eigenvalue weighted by Crippen LogP contribution is 2.32. The predicted octanol–water partition coefficient (Wildman–Crippen LogP) is -1.28. The Hall–Kier alpha value is -0.270. The maximum Gasteiger partial charge on any atom is 0.171 e. The Bertz CT molecular complexity index is 324. The van der Waals surface area contributed by atoms with E-state index in [2.05, 4.69) is 10.4 Å². The average molecular weight is 207 g/mol. The molecule has 2 rings (SSSR count). The first kappa shape index (κ1) is 8.33. The van der Waals surface area contributed by atoms with E-state index in [0.29, 0.717) is 5.17 Å².